The van der Waals surface area contributed by atoms with Gasteiger partial charge in [-0.3, -0.25) is 4.79 Å². The molecule has 0 bridgehead atoms. The zero-order valence-electron chi connectivity index (χ0n) is 25.7. The van der Waals surface area contributed by atoms with Crippen molar-refractivity contribution < 1.29 is 33.5 Å². The number of rotatable bonds is 4. The van der Waals surface area contributed by atoms with Crippen LogP contribution in [0.5, 0.6) is 0 Å². The third-order valence-electron chi connectivity index (χ3n) is 6.51. The zero-order valence-corrected chi connectivity index (χ0v) is 25.7. The number of carboxylic acid groups (broad SMARTS) is 1. The highest BCUT2D eigenvalue weighted by atomic mass is 16.6. The maximum atomic E-state index is 12.0. The molecule has 11 nitrogen and oxygen atoms in total. The fraction of sp³-hybridized carbons (Fsp3) is 0.821. The predicted molar refractivity (Wildman–Crippen MR) is 148 cm³/mol. The molecule has 2 amide bonds. The highest BCUT2D eigenvalue weighted by Crippen LogP contribution is 2.36. The Hall–Kier alpha value is -2.85. The summed E-state index contributed by atoms with van der Waals surface area (Å²) < 4.78 is 15.9. The molecule has 2 fully saturated rings. The average molecular weight is 555 g/mol. The smallest absolute Gasteiger partial charge is 0.410 e. The summed E-state index contributed by atoms with van der Waals surface area (Å²) in [5.41, 5.74) is -0.983. The van der Waals surface area contributed by atoms with Gasteiger partial charge >= 0.3 is 18.2 Å². The second kappa shape index (κ2) is 14.5. The second-order valence-corrected chi connectivity index (χ2v) is 12.0. The van der Waals surface area contributed by atoms with Crippen molar-refractivity contribution in [1.29, 1.82) is 0 Å². The van der Waals surface area contributed by atoms with E-state index < -0.39 is 17.2 Å². The van der Waals surface area contributed by atoms with Crippen LogP contribution in [0.15, 0.2) is 4.52 Å². The molecule has 2 aliphatic carbocycles. The third-order valence-corrected chi connectivity index (χ3v) is 6.51. The van der Waals surface area contributed by atoms with Crippen LogP contribution in [0, 0.1) is 12.8 Å². The van der Waals surface area contributed by atoms with E-state index >= 15 is 0 Å². The van der Waals surface area contributed by atoms with Crippen molar-refractivity contribution in [3.8, 4) is 0 Å². The van der Waals surface area contributed by atoms with Crippen LogP contribution in [-0.4, -0.2) is 80.6 Å². The molecular weight excluding hydrogens is 504 g/mol. The summed E-state index contributed by atoms with van der Waals surface area (Å²) in [6.07, 6.45) is 3.96. The van der Waals surface area contributed by atoms with Crippen LogP contribution in [0.1, 0.15) is 112 Å². The topological polar surface area (TPSA) is 135 Å². The van der Waals surface area contributed by atoms with E-state index in [9.17, 15) is 14.4 Å². The van der Waals surface area contributed by atoms with Crippen LogP contribution in [0.4, 0.5) is 9.59 Å². The zero-order chi connectivity index (χ0) is 30.1. The van der Waals surface area contributed by atoms with Crippen LogP contribution in [-0.2, 0) is 14.3 Å². The van der Waals surface area contributed by atoms with Gasteiger partial charge in [-0.25, -0.2) is 9.59 Å². The van der Waals surface area contributed by atoms with Gasteiger partial charge in [-0.2, -0.15) is 4.98 Å². The Balaban J connectivity index is 0.000000371. The molecule has 1 aromatic rings. The van der Waals surface area contributed by atoms with Crippen molar-refractivity contribution >= 4 is 18.2 Å². The molecule has 39 heavy (non-hydrogen) atoms. The number of carbonyl (C=O) groups excluding carboxylic acids is 2. The van der Waals surface area contributed by atoms with Crippen LogP contribution in [0.25, 0.3) is 0 Å². The van der Waals surface area contributed by atoms with Gasteiger partial charge in [-0.1, -0.05) is 19.0 Å². The summed E-state index contributed by atoms with van der Waals surface area (Å²) in [4.78, 5) is 42.1. The molecular formula is C28H50N4O7. The van der Waals surface area contributed by atoms with Crippen molar-refractivity contribution in [2.24, 2.45) is 5.92 Å². The minimum atomic E-state index is -0.773. The largest absolute Gasteiger partial charge is 0.481 e. The Morgan fingerprint density at radius 1 is 0.846 bits per heavy atom. The van der Waals surface area contributed by atoms with Gasteiger partial charge < -0.3 is 28.9 Å². The summed E-state index contributed by atoms with van der Waals surface area (Å²) in [5.74, 6) is 0.479. The number of hydrogen-bond donors (Lipinski definition) is 1. The normalized spacial score (nSPS) is 22.5. The van der Waals surface area contributed by atoms with Gasteiger partial charge in [0, 0.05) is 32.1 Å². The Labute approximate surface area is 233 Å². The SMILES string of the molecule is CC.CN(C(=O)OC(C)(C)C)C1CCC(C(=O)O)C1.Cc1noc(C2CCC(N(C)C(=O)OC(C)(C)C)C2)n1. The van der Waals surface area contributed by atoms with E-state index in [1.807, 2.05) is 62.3 Å². The van der Waals surface area contributed by atoms with Gasteiger partial charge in [0.05, 0.1) is 5.92 Å². The number of carbonyl (C=O) groups is 3. The molecule has 0 saturated heterocycles. The second-order valence-electron chi connectivity index (χ2n) is 12.0. The molecule has 11 heteroatoms. The van der Waals surface area contributed by atoms with E-state index in [1.165, 1.54) is 4.90 Å². The van der Waals surface area contributed by atoms with Gasteiger partial charge in [-0.05, 0) is 87.0 Å². The molecule has 0 aliphatic heterocycles. The van der Waals surface area contributed by atoms with Crippen molar-refractivity contribution in [3.05, 3.63) is 11.7 Å². The highest BCUT2D eigenvalue weighted by molar-refractivity contribution is 5.71. The number of nitrogens with zero attached hydrogens (tertiary/aromatic N) is 4. The van der Waals surface area contributed by atoms with E-state index in [0.717, 1.165) is 25.7 Å². The first-order valence-corrected chi connectivity index (χ1v) is 13.9. The first kappa shape index (κ1) is 34.2. The molecule has 3 rings (SSSR count). The number of ether oxygens (including phenoxy) is 2. The van der Waals surface area contributed by atoms with Crippen LogP contribution in [0.3, 0.4) is 0 Å². The lowest BCUT2D eigenvalue weighted by atomic mass is 10.1. The van der Waals surface area contributed by atoms with Gasteiger partial charge in [0.15, 0.2) is 5.82 Å². The summed E-state index contributed by atoms with van der Waals surface area (Å²) >= 11 is 0. The van der Waals surface area contributed by atoms with Crippen LogP contribution >= 0.6 is 0 Å². The number of hydrogen-bond acceptors (Lipinski definition) is 8. The van der Waals surface area contributed by atoms with E-state index in [4.69, 9.17) is 19.1 Å². The Kier molecular flexibility index (Phi) is 12.7. The Morgan fingerprint density at radius 3 is 1.69 bits per heavy atom. The van der Waals surface area contributed by atoms with Crippen LogP contribution < -0.4 is 0 Å². The van der Waals surface area contributed by atoms with Gasteiger partial charge in [0.2, 0.25) is 5.89 Å². The average Bonchev–Trinajstić information content (AvgIpc) is 3.58. The van der Waals surface area contributed by atoms with Gasteiger partial charge in [0.1, 0.15) is 11.2 Å². The first-order chi connectivity index (χ1) is 18.0. The lowest BCUT2D eigenvalue weighted by Crippen LogP contribution is -2.39. The summed E-state index contributed by atoms with van der Waals surface area (Å²) in [5, 5.41) is 12.7. The summed E-state index contributed by atoms with van der Waals surface area (Å²) in [7, 11) is 3.46. The van der Waals surface area contributed by atoms with Gasteiger partial charge in [-0.15, -0.1) is 0 Å². The van der Waals surface area contributed by atoms with Crippen LogP contribution in [0.2, 0.25) is 0 Å². The van der Waals surface area contributed by atoms with Gasteiger partial charge in [0.25, 0.3) is 0 Å². The van der Waals surface area contributed by atoms with Crippen molar-refractivity contribution in [2.75, 3.05) is 14.1 Å². The lowest BCUT2D eigenvalue weighted by Gasteiger charge is -2.28. The minimum absolute atomic E-state index is 0.0223. The molecule has 1 heterocycles. The maximum Gasteiger partial charge on any atom is 0.410 e. The summed E-state index contributed by atoms with van der Waals surface area (Å²) in [6.45, 7) is 16.9. The molecule has 0 radical (unpaired) electrons. The Morgan fingerprint density at radius 2 is 1.31 bits per heavy atom. The van der Waals surface area contributed by atoms with E-state index in [1.54, 1.807) is 19.0 Å². The third kappa shape index (κ3) is 11.4. The van der Waals surface area contributed by atoms with E-state index in [0.29, 0.717) is 24.6 Å². The number of aromatic nitrogens is 2. The molecule has 4 atom stereocenters. The molecule has 4 unspecified atom stereocenters. The number of aryl methyl sites for hydroxylation is 1. The minimum Gasteiger partial charge on any atom is -0.481 e. The molecule has 2 saturated carbocycles. The van der Waals surface area contributed by atoms with Crippen molar-refractivity contribution in [3.63, 3.8) is 0 Å². The maximum absolute atomic E-state index is 12.0. The van der Waals surface area contributed by atoms with E-state index in [2.05, 4.69) is 10.1 Å². The predicted octanol–water partition coefficient (Wildman–Crippen LogP) is 6.01. The monoisotopic (exact) mass is 554 g/mol. The fourth-order valence-electron chi connectivity index (χ4n) is 4.51. The van der Waals surface area contributed by atoms with E-state index in [-0.39, 0.29) is 36.1 Å². The molecule has 0 spiro atoms. The molecule has 1 N–H and O–H groups in total. The standard InChI is InChI=1S/C14H23N3O3.C12H21NO4.C2H6/c1-9-15-12(20-16-9)10-6-7-11(8-10)17(5)13(18)19-14(2,3)4;1-12(2,3)17-11(16)13(4)9-6-5-8(7-9)10(14)15;1-2/h10-11H,6-8H2,1-5H3;8-9H,5-7H2,1-4H3,(H,14,15);1-2H3. The quantitative estimate of drug-likeness (QED) is 0.474. The number of carboxylic acids is 1. The number of aliphatic carboxylic acids is 1. The number of amides is 2. The molecule has 0 aromatic carbocycles. The highest BCUT2D eigenvalue weighted by Gasteiger charge is 2.36. The lowest BCUT2D eigenvalue weighted by molar-refractivity contribution is -0.141. The van der Waals surface area contributed by atoms with Crippen molar-refractivity contribution in [2.45, 2.75) is 130 Å². The summed E-state index contributed by atoms with van der Waals surface area (Å²) in [6, 6.07) is 0.146. The molecule has 224 valence electrons. The molecule has 2 aliphatic rings. The fourth-order valence-corrected chi connectivity index (χ4v) is 4.51. The van der Waals surface area contributed by atoms with Crippen molar-refractivity contribution in [1.82, 2.24) is 19.9 Å². The first-order valence-electron chi connectivity index (χ1n) is 13.9. The molecule has 1 aromatic heterocycles. The Bertz CT molecular complexity index is 935.